The molecule has 1 N–H and O–H groups in total. The van der Waals surface area contributed by atoms with Crippen molar-refractivity contribution in [3.05, 3.63) is 71.4 Å². The van der Waals surface area contributed by atoms with E-state index >= 15 is 0 Å². The highest BCUT2D eigenvalue weighted by atomic mass is 19.1. The number of ether oxygens (including phenoxy) is 2. The number of rotatable bonds is 11. The Balaban J connectivity index is 2.08. The van der Waals surface area contributed by atoms with E-state index < -0.39 is 11.6 Å². The first-order valence-corrected chi connectivity index (χ1v) is 11.3. The lowest BCUT2D eigenvalue weighted by Crippen LogP contribution is -2.41. The van der Waals surface area contributed by atoms with E-state index in [2.05, 4.69) is 5.32 Å². The maximum atomic E-state index is 14.5. The molecule has 0 aliphatic carbocycles. The molecule has 0 radical (unpaired) electrons. The lowest BCUT2D eigenvalue weighted by molar-refractivity contribution is 0.146. The van der Waals surface area contributed by atoms with Crippen LogP contribution in [0.4, 0.5) is 13.6 Å². The Labute approximate surface area is 198 Å². The molecule has 7 nitrogen and oxygen atoms in total. The maximum absolute atomic E-state index is 14.5. The van der Waals surface area contributed by atoms with Crippen LogP contribution in [-0.2, 0) is 17.7 Å². The van der Waals surface area contributed by atoms with Crippen LogP contribution in [0.1, 0.15) is 31.5 Å². The van der Waals surface area contributed by atoms with Gasteiger partial charge in [-0.05, 0) is 37.1 Å². The first-order chi connectivity index (χ1) is 16.5. The van der Waals surface area contributed by atoms with E-state index in [1.165, 1.54) is 6.07 Å². The van der Waals surface area contributed by atoms with Gasteiger partial charge in [-0.2, -0.15) is 5.10 Å². The predicted molar refractivity (Wildman–Crippen MR) is 125 cm³/mol. The van der Waals surface area contributed by atoms with Crippen molar-refractivity contribution in [3.63, 3.8) is 0 Å². The Hall–Kier alpha value is -3.46. The second kappa shape index (κ2) is 12.1. The number of amides is 2. The van der Waals surface area contributed by atoms with Crippen molar-refractivity contribution >= 4 is 6.03 Å². The molecule has 0 atom stereocenters. The van der Waals surface area contributed by atoms with Gasteiger partial charge in [0.15, 0.2) is 11.6 Å². The number of hydrogen-bond acceptors (Lipinski definition) is 4. The zero-order chi connectivity index (χ0) is 24.5. The number of benzene rings is 2. The third-order valence-electron chi connectivity index (χ3n) is 5.18. The average Bonchev–Trinajstić information content (AvgIpc) is 3.19. The van der Waals surface area contributed by atoms with Crippen LogP contribution in [0.25, 0.3) is 5.69 Å². The lowest BCUT2D eigenvalue weighted by Gasteiger charge is -2.23. The van der Waals surface area contributed by atoms with Crippen LogP contribution in [0.2, 0.25) is 0 Å². The molecule has 0 saturated carbocycles. The number of carbonyl (C=O) groups excluding carboxylic acids is 1. The largest absolute Gasteiger partial charge is 0.435 e. The average molecular weight is 473 g/mol. The molecule has 3 aromatic rings. The van der Waals surface area contributed by atoms with Crippen LogP contribution in [0, 0.1) is 11.6 Å². The van der Waals surface area contributed by atoms with Gasteiger partial charge < -0.3 is 19.7 Å². The number of nitrogens with zero attached hydrogens (tertiary/aromatic N) is 3. The molecule has 2 amide bonds. The van der Waals surface area contributed by atoms with Gasteiger partial charge in [-0.25, -0.2) is 18.3 Å². The molecule has 1 aromatic heterocycles. The van der Waals surface area contributed by atoms with Crippen molar-refractivity contribution < 1.29 is 23.0 Å². The van der Waals surface area contributed by atoms with Crippen molar-refractivity contribution in [1.82, 2.24) is 20.0 Å². The molecule has 0 aliphatic rings. The zero-order valence-electron chi connectivity index (χ0n) is 19.7. The number of halogens is 2. The van der Waals surface area contributed by atoms with Gasteiger partial charge in [0, 0.05) is 26.3 Å². The van der Waals surface area contributed by atoms with Gasteiger partial charge in [-0.3, -0.25) is 0 Å². The highest BCUT2D eigenvalue weighted by Gasteiger charge is 2.25. The van der Waals surface area contributed by atoms with E-state index in [1.54, 1.807) is 16.7 Å². The van der Waals surface area contributed by atoms with Crippen LogP contribution in [0.5, 0.6) is 11.6 Å². The van der Waals surface area contributed by atoms with Crippen molar-refractivity contribution in [1.29, 1.82) is 0 Å². The molecule has 0 fully saturated rings. The monoisotopic (exact) mass is 472 g/mol. The fourth-order valence-electron chi connectivity index (χ4n) is 3.42. The molecule has 0 aliphatic heterocycles. The molecule has 0 spiro atoms. The Morgan fingerprint density at radius 3 is 2.56 bits per heavy atom. The van der Waals surface area contributed by atoms with E-state index in [4.69, 9.17) is 14.6 Å². The number of nitrogens with one attached hydrogen (secondary N) is 1. The van der Waals surface area contributed by atoms with Crippen molar-refractivity contribution in [2.24, 2.45) is 0 Å². The van der Waals surface area contributed by atoms with Crippen molar-refractivity contribution in [2.75, 3.05) is 26.8 Å². The standard InChI is InChI=1S/C25H30F2N4O3/c1-4-13-28-25(32)30(14-15-33-3)17-20-22(5-2)29-31(19-9-7-6-8-10-19)24(20)34-23-12-11-18(26)16-21(23)27/h6-12,16H,4-5,13-15,17H2,1-3H3,(H,28,32). The maximum Gasteiger partial charge on any atom is 0.317 e. The van der Waals surface area contributed by atoms with E-state index in [0.29, 0.717) is 43.1 Å². The molecule has 0 unspecified atom stereocenters. The summed E-state index contributed by atoms with van der Waals surface area (Å²) in [6.07, 6.45) is 1.36. The fourth-order valence-corrected chi connectivity index (χ4v) is 3.42. The molecule has 34 heavy (non-hydrogen) atoms. The minimum Gasteiger partial charge on any atom is -0.435 e. The van der Waals surface area contributed by atoms with Crippen LogP contribution < -0.4 is 10.1 Å². The minimum absolute atomic E-state index is 0.138. The molecule has 0 saturated heterocycles. The first-order valence-electron chi connectivity index (χ1n) is 11.3. The fraction of sp³-hybridized carbons (Fsp3) is 0.360. The van der Waals surface area contributed by atoms with Crippen LogP contribution in [0.3, 0.4) is 0 Å². The topological polar surface area (TPSA) is 68.6 Å². The van der Waals surface area contributed by atoms with Gasteiger partial charge in [0.05, 0.1) is 30.1 Å². The number of methoxy groups -OCH3 is 1. The summed E-state index contributed by atoms with van der Waals surface area (Å²) in [4.78, 5) is 14.4. The van der Waals surface area contributed by atoms with Crippen LogP contribution >= 0.6 is 0 Å². The molecule has 2 aromatic carbocycles. The Bertz CT molecular complexity index is 1090. The number of aryl methyl sites for hydroxylation is 1. The Morgan fingerprint density at radius 2 is 1.91 bits per heavy atom. The second-order valence-corrected chi connectivity index (χ2v) is 7.65. The second-order valence-electron chi connectivity index (χ2n) is 7.65. The van der Waals surface area contributed by atoms with Gasteiger partial charge in [0.1, 0.15) is 5.82 Å². The molecule has 0 bridgehead atoms. The van der Waals surface area contributed by atoms with Gasteiger partial charge >= 0.3 is 6.03 Å². The van der Waals surface area contributed by atoms with E-state index in [9.17, 15) is 13.6 Å². The van der Waals surface area contributed by atoms with Gasteiger partial charge in [-0.1, -0.05) is 32.0 Å². The molecule has 182 valence electrons. The molecular formula is C25H30F2N4O3. The van der Waals surface area contributed by atoms with Gasteiger partial charge in [-0.15, -0.1) is 0 Å². The smallest absolute Gasteiger partial charge is 0.317 e. The van der Waals surface area contributed by atoms with Crippen LogP contribution in [0.15, 0.2) is 48.5 Å². The van der Waals surface area contributed by atoms with Gasteiger partial charge in [0.25, 0.3) is 0 Å². The summed E-state index contributed by atoms with van der Waals surface area (Å²) in [7, 11) is 1.57. The summed E-state index contributed by atoms with van der Waals surface area (Å²) >= 11 is 0. The first kappa shape index (κ1) is 25.2. The summed E-state index contributed by atoms with van der Waals surface area (Å²) in [6.45, 7) is 5.32. The molecule has 3 rings (SSSR count). The number of carbonyl (C=O) groups is 1. The predicted octanol–water partition coefficient (Wildman–Crippen LogP) is 5.07. The zero-order valence-corrected chi connectivity index (χ0v) is 19.7. The minimum atomic E-state index is -0.832. The third kappa shape index (κ3) is 6.11. The Kier molecular flexibility index (Phi) is 8.98. The van der Waals surface area contributed by atoms with E-state index in [0.717, 1.165) is 18.6 Å². The number of aromatic nitrogens is 2. The van der Waals surface area contributed by atoms with E-state index in [-0.39, 0.29) is 24.2 Å². The summed E-state index contributed by atoms with van der Waals surface area (Å²) < 4.78 is 40.7. The van der Waals surface area contributed by atoms with E-state index in [1.807, 2.05) is 44.2 Å². The van der Waals surface area contributed by atoms with Crippen molar-refractivity contribution in [2.45, 2.75) is 33.2 Å². The van der Waals surface area contributed by atoms with Crippen molar-refractivity contribution in [3.8, 4) is 17.3 Å². The molecule has 1 heterocycles. The summed E-state index contributed by atoms with van der Waals surface area (Å²) in [5.74, 6) is -1.41. The number of para-hydroxylation sites is 1. The number of hydrogen-bond donors (Lipinski definition) is 1. The lowest BCUT2D eigenvalue weighted by atomic mass is 10.2. The SMILES string of the molecule is CCCNC(=O)N(CCOC)Cc1c(CC)nn(-c2ccccc2)c1Oc1ccc(F)cc1F. The quantitative estimate of drug-likeness (QED) is 0.423. The summed E-state index contributed by atoms with van der Waals surface area (Å²) in [6, 6.07) is 12.2. The normalized spacial score (nSPS) is 10.9. The summed E-state index contributed by atoms with van der Waals surface area (Å²) in [5.41, 5.74) is 2.05. The third-order valence-corrected chi connectivity index (χ3v) is 5.18. The highest BCUT2D eigenvalue weighted by molar-refractivity contribution is 5.74. The molecular weight excluding hydrogens is 442 g/mol. The molecule has 9 heteroatoms. The Morgan fingerprint density at radius 1 is 1.15 bits per heavy atom. The van der Waals surface area contributed by atoms with Crippen LogP contribution in [-0.4, -0.2) is 47.5 Å². The highest BCUT2D eigenvalue weighted by Crippen LogP contribution is 2.33. The number of urea groups is 1. The van der Waals surface area contributed by atoms with Gasteiger partial charge in [0.2, 0.25) is 5.88 Å². The summed E-state index contributed by atoms with van der Waals surface area (Å²) in [5, 5.41) is 7.59.